The third-order valence-electron chi connectivity index (χ3n) is 3.10. The Labute approximate surface area is 98.8 Å². The van der Waals surface area contributed by atoms with Crippen molar-refractivity contribution in [3.63, 3.8) is 0 Å². The zero-order valence-corrected chi connectivity index (χ0v) is 10.8. The van der Waals surface area contributed by atoms with Crippen LogP contribution in [0, 0.1) is 5.92 Å². The molecular formula is C11H22N2O2S. The molecular weight excluding hydrogens is 224 g/mol. The van der Waals surface area contributed by atoms with Crippen molar-refractivity contribution in [3.05, 3.63) is 12.7 Å². The molecule has 0 spiro atoms. The van der Waals surface area contributed by atoms with E-state index in [-0.39, 0.29) is 5.75 Å². The zero-order chi connectivity index (χ0) is 12.0. The molecule has 1 aliphatic rings. The highest BCUT2D eigenvalue weighted by Crippen LogP contribution is 2.22. The van der Waals surface area contributed by atoms with Crippen LogP contribution in [-0.2, 0) is 10.0 Å². The minimum absolute atomic E-state index is 0.0637. The van der Waals surface area contributed by atoms with Crippen LogP contribution < -0.4 is 5.32 Å². The van der Waals surface area contributed by atoms with Gasteiger partial charge in [-0.15, -0.1) is 6.58 Å². The van der Waals surface area contributed by atoms with E-state index in [1.54, 1.807) is 4.31 Å². The van der Waals surface area contributed by atoms with E-state index in [1.165, 1.54) is 6.08 Å². The fourth-order valence-corrected chi connectivity index (χ4v) is 3.35. The maximum absolute atomic E-state index is 11.7. The lowest BCUT2D eigenvalue weighted by Gasteiger charge is -2.30. The molecule has 0 bridgehead atoms. The van der Waals surface area contributed by atoms with Gasteiger partial charge in [0, 0.05) is 13.1 Å². The molecule has 0 unspecified atom stereocenters. The maximum atomic E-state index is 11.7. The van der Waals surface area contributed by atoms with Crippen molar-refractivity contribution in [2.75, 3.05) is 32.4 Å². The summed E-state index contributed by atoms with van der Waals surface area (Å²) in [4.78, 5) is 0. The molecule has 0 aromatic carbocycles. The molecule has 1 aliphatic heterocycles. The number of hydrogen-bond donors (Lipinski definition) is 1. The van der Waals surface area contributed by atoms with E-state index in [0.29, 0.717) is 19.0 Å². The monoisotopic (exact) mass is 246 g/mol. The highest BCUT2D eigenvalue weighted by atomic mass is 32.2. The van der Waals surface area contributed by atoms with Gasteiger partial charge < -0.3 is 5.32 Å². The Morgan fingerprint density at radius 1 is 1.44 bits per heavy atom. The van der Waals surface area contributed by atoms with Gasteiger partial charge in [0.05, 0.1) is 5.75 Å². The Morgan fingerprint density at radius 3 is 2.56 bits per heavy atom. The third kappa shape index (κ3) is 3.88. The van der Waals surface area contributed by atoms with Crippen LogP contribution in [0.1, 0.15) is 19.3 Å². The van der Waals surface area contributed by atoms with E-state index in [0.717, 1.165) is 25.8 Å². The van der Waals surface area contributed by atoms with Crippen LogP contribution in [0.25, 0.3) is 0 Å². The molecule has 0 aromatic heterocycles. The van der Waals surface area contributed by atoms with Crippen molar-refractivity contribution >= 4 is 10.0 Å². The summed E-state index contributed by atoms with van der Waals surface area (Å²) < 4.78 is 25.1. The van der Waals surface area contributed by atoms with Crippen molar-refractivity contribution < 1.29 is 8.42 Å². The topological polar surface area (TPSA) is 49.4 Å². The number of hydrogen-bond acceptors (Lipinski definition) is 3. The largest absolute Gasteiger partial charge is 0.320 e. The molecule has 4 nitrogen and oxygen atoms in total. The number of piperidine rings is 1. The summed E-state index contributed by atoms with van der Waals surface area (Å²) in [7, 11) is -1.13. The molecule has 0 saturated carbocycles. The number of rotatable bonds is 6. The standard InChI is InChI=1S/C11H22N2O2S/c1-3-10-16(14,15)13-8-5-11(6-9-13)4-7-12-2/h3,11-12H,1,4-10H2,2H3. The highest BCUT2D eigenvalue weighted by molar-refractivity contribution is 7.89. The molecule has 0 atom stereocenters. The first kappa shape index (κ1) is 13.7. The quantitative estimate of drug-likeness (QED) is 0.706. The first-order valence-electron chi connectivity index (χ1n) is 5.83. The molecule has 1 heterocycles. The minimum Gasteiger partial charge on any atom is -0.320 e. The molecule has 0 aromatic rings. The van der Waals surface area contributed by atoms with Crippen LogP contribution in [0.15, 0.2) is 12.7 Å². The van der Waals surface area contributed by atoms with Crippen LogP contribution in [0.2, 0.25) is 0 Å². The van der Waals surface area contributed by atoms with Gasteiger partial charge in [0.2, 0.25) is 10.0 Å². The van der Waals surface area contributed by atoms with E-state index >= 15 is 0 Å². The lowest BCUT2D eigenvalue weighted by atomic mass is 9.95. The van der Waals surface area contributed by atoms with Gasteiger partial charge in [0.15, 0.2) is 0 Å². The van der Waals surface area contributed by atoms with Gasteiger partial charge in [0.1, 0.15) is 0 Å². The fraction of sp³-hybridized carbons (Fsp3) is 0.818. The van der Waals surface area contributed by atoms with Crippen LogP contribution in [-0.4, -0.2) is 45.2 Å². The zero-order valence-electron chi connectivity index (χ0n) is 9.98. The predicted molar refractivity (Wildman–Crippen MR) is 66.8 cm³/mol. The molecule has 0 aliphatic carbocycles. The summed E-state index contributed by atoms with van der Waals surface area (Å²) in [6.45, 7) is 5.84. The maximum Gasteiger partial charge on any atom is 0.217 e. The van der Waals surface area contributed by atoms with E-state index in [4.69, 9.17) is 0 Å². The first-order chi connectivity index (χ1) is 7.60. The van der Waals surface area contributed by atoms with Gasteiger partial charge in [-0.3, -0.25) is 0 Å². The average Bonchev–Trinajstić information content (AvgIpc) is 2.27. The highest BCUT2D eigenvalue weighted by Gasteiger charge is 2.26. The van der Waals surface area contributed by atoms with Crippen LogP contribution in [0.4, 0.5) is 0 Å². The van der Waals surface area contributed by atoms with E-state index in [2.05, 4.69) is 11.9 Å². The molecule has 1 saturated heterocycles. The average molecular weight is 246 g/mol. The summed E-state index contributed by atoms with van der Waals surface area (Å²) in [6, 6.07) is 0. The van der Waals surface area contributed by atoms with Gasteiger partial charge in [-0.1, -0.05) is 6.08 Å². The van der Waals surface area contributed by atoms with Gasteiger partial charge in [-0.2, -0.15) is 0 Å². The van der Waals surface area contributed by atoms with Gasteiger partial charge >= 0.3 is 0 Å². The summed E-state index contributed by atoms with van der Waals surface area (Å²) in [5.74, 6) is 0.733. The first-order valence-corrected chi connectivity index (χ1v) is 7.44. The molecule has 1 rings (SSSR count). The second-order valence-corrected chi connectivity index (χ2v) is 6.32. The number of nitrogens with one attached hydrogen (secondary N) is 1. The summed E-state index contributed by atoms with van der Waals surface area (Å²) >= 11 is 0. The Bertz CT molecular complexity index is 306. The minimum atomic E-state index is -3.08. The van der Waals surface area contributed by atoms with E-state index < -0.39 is 10.0 Å². The molecule has 0 amide bonds. The number of nitrogens with zero attached hydrogens (tertiary/aromatic N) is 1. The van der Waals surface area contributed by atoms with E-state index in [1.807, 2.05) is 7.05 Å². The molecule has 1 fully saturated rings. The van der Waals surface area contributed by atoms with Crippen molar-refractivity contribution in [1.29, 1.82) is 0 Å². The van der Waals surface area contributed by atoms with E-state index in [9.17, 15) is 8.42 Å². The lowest BCUT2D eigenvalue weighted by molar-refractivity contribution is 0.263. The van der Waals surface area contributed by atoms with Gasteiger partial charge in [0.25, 0.3) is 0 Å². The lowest BCUT2D eigenvalue weighted by Crippen LogP contribution is -2.39. The Morgan fingerprint density at radius 2 is 2.06 bits per heavy atom. The third-order valence-corrected chi connectivity index (χ3v) is 4.91. The number of sulfonamides is 1. The van der Waals surface area contributed by atoms with Crippen LogP contribution in [0.3, 0.4) is 0 Å². The van der Waals surface area contributed by atoms with Gasteiger partial charge in [-0.25, -0.2) is 12.7 Å². The second kappa shape index (κ2) is 6.37. The summed E-state index contributed by atoms with van der Waals surface area (Å²) in [6.07, 6.45) is 4.57. The predicted octanol–water partition coefficient (Wildman–Crippen LogP) is 0.824. The molecule has 16 heavy (non-hydrogen) atoms. The second-order valence-electron chi connectivity index (χ2n) is 4.30. The molecule has 5 heteroatoms. The van der Waals surface area contributed by atoms with Gasteiger partial charge in [-0.05, 0) is 38.8 Å². The Balaban J connectivity index is 2.39. The molecule has 94 valence electrons. The van der Waals surface area contributed by atoms with Crippen LogP contribution in [0.5, 0.6) is 0 Å². The Hall–Kier alpha value is -0.390. The van der Waals surface area contributed by atoms with Crippen molar-refractivity contribution in [3.8, 4) is 0 Å². The van der Waals surface area contributed by atoms with Crippen molar-refractivity contribution in [1.82, 2.24) is 9.62 Å². The molecule has 0 radical (unpaired) electrons. The normalized spacial score (nSPS) is 19.8. The molecule has 1 N–H and O–H groups in total. The van der Waals surface area contributed by atoms with Crippen molar-refractivity contribution in [2.45, 2.75) is 19.3 Å². The summed E-state index contributed by atoms with van der Waals surface area (Å²) in [5.41, 5.74) is 0. The smallest absolute Gasteiger partial charge is 0.217 e. The SMILES string of the molecule is C=CCS(=O)(=O)N1CCC(CCNC)CC1. The van der Waals surface area contributed by atoms with Crippen LogP contribution >= 0.6 is 0 Å². The summed E-state index contributed by atoms with van der Waals surface area (Å²) in [5, 5.41) is 3.13. The fourth-order valence-electron chi connectivity index (χ4n) is 2.08. The Kier molecular flexibility index (Phi) is 5.44. The van der Waals surface area contributed by atoms with Crippen molar-refractivity contribution in [2.24, 2.45) is 5.92 Å².